The third-order valence-corrected chi connectivity index (χ3v) is 4.98. The number of benzene rings is 1. The van der Waals surface area contributed by atoms with Crippen LogP contribution in [-0.4, -0.2) is 41.7 Å². The summed E-state index contributed by atoms with van der Waals surface area (Å²) in [4.78, 5) is 12.1. The van der Waals surface area contributed by atoms with Crippen molar-refractivity contribution in [3.63, 3.8) is 0 Å². The van der Waals surface area contributed by atoms with Crippen LogP contribution in [0.25, 0.3) is 6.08 Å². The Labute approximate surface area is 168 Å². The summed E-state index contributed by atoms with van der Waals surface area (Å²) in [6, 6.07) is 5.41. The second kappa shape index (κ2) is 7.80. The molecule has 2 rings (SSSR count). The van der Waals surface area contributed by atoms with Gasteiger partial charge in [-0.3, -0.25) is 0 Å². The molecule has 1 aliphatic rings. The SMILES string of the molecule is Cc1ccc(C=C(CNC(=O)OC(C)(C)C)B2OC(C)(C)C(C)(C)O2)cc1O. The van der Waals surface area contributed by atoms with E-state index in [-0.39, 0.29) is 12.3 Å². The molecule has 1 fully saturated rings. The monoisotopic (exact) mass is 389 g/mol. The summed E-state index contributed by atoms with van der Waals surface area (Å²) >= 11 is 0. The summed E-state index contributed by atoms with van der Waals surface area (Å²) in [7, 11) is -0.622. The van der Waals surface area contributed by atoms with Gasteiger partial charge in [0.2, 0.25) is 0 Å². The van der Waals surface area contributed by atoms with Gasteiger partial charge in [-0.15, -0.1) is 0 Å². The van der Waals surface area contributed by atoms with Crippen molar-refractivity contribution in [3.05, 3.63) is 34.8 Å². The topological polar surface area (TPSA) is 77.0 Å². The third-order valence-electron chi connectivity index (χ3n) is 4.98. The zero-order chi connectivity index (χ0) is 21.3. The summed E-state index contributed by atoms with van der Waals surface area (Å²) in [5, 5.41) is 12.8. The molecular weight excluding hydrogens is 357 g/mol. The molecule has 1 aliphatic heterocycles. The minimum atomic E-state index is -0.622. The second-order valence-electron chi connectivity index (χ2n) is 9.21. The van der Waals surface area contributed by atoms with E-state index in [4.69, 9.17) is 14.0 Å². The van der Waals surface area contributed by atoms with Gasteiger partial charge < -0.3 is 24.5 Å². The molecule has 6 nitrogen and oxygen atoms in total. The van der Waals surface area contributed by atoms with Crippen LogP contribution < -0.4 is 5.32 Å². The highest BCUT2D eigenvalue weighted by atomic mass is 16.7. The Morgan fingerprint density at radius 1 is 1.21 bits per heavy atom. The predicted octanol–water partition coefficient (Wildman–Crippen LogP) is 4.24. The van der Waals surface area contributed by atoms with Crippen molar-refractivity contribution < 1.29 is 23.9 Å². The molecule has 28 heavy (non-hydrogen) atoms. The molecule has 0 saturated carbocycles. The van der Waals surface area contributed by atoms with E-state index in [0.717, 1.165) is 16.6 Å². The van der Waals surface area contributed by atoms with E-state index in [2.05, 4.69) is 5.32 Å². The predicted molar refractivity (Wildman–Crippen MR) is 111 cm³/mol. The van der Waals surface area contributed by atoms with E-state index in [1.165, 1.54) is 0 Å². The zero-order valence-electron chi connectivity index (χ0n) is 18.2. The quantitative estimate of drug-likeness (QED) is 0.754. The van der Waals surface area contributed by atoms with E-state index >= 15 is 0 Å². The molecule has 0 unspecified atom stereocenters. The number of carbonyl (C=O) groups is 1. The molecule has 0 radical (unpaired) electrons. The Bertz CT molecular complexity index is 749. The number of rotatable bonds is 4. The van der Waals surface area contributed by atoms with E-state index in [1.807, 2.05) is 73.6 Å². The molecule has 0 spiro atoms. The molecule has 1 aromatic carbocycles. The molecule has 2 N–H and O–H groups in total. The lowest BCUT2D eigenvalue weighted by molar-refractivity contribution is 0.00578. The largest absolute Gasteiger partial charge is 0.508 e. The van der Waals surface area contributed by atoms with Gasteiger partial charge in [0.05, 0.1) is 11.2 Å². The van der Waals surface area contributed by atoms with Crippen molar-refractivity contribution in [2.45, 2.75) is 72.2 Å². The standard InChI is InChI=1S/C21H32BNO5/c1-14-9-10-15(12-17(14)24)11-16(13-23-18(25)26-19(2,3)4)22-27-20(5,6)21(7,8)28-22/h9-12,24H,13H2,1-8H3,(H,23,25). The average molecular weight is 389 g/mol. The fourth-order valence-electron chi connectivity index (χ4n) is 2.62. The molecule has 0 aromatic heterocycles. The molecule has 7 heteroatoms. The van der Waals surface area contributed by atoms with Crippen LogP contribution in [0.5, 0.6) is 5.75 Å². The molecule has 154 valence electrons. The van der Waals surface area contributed by atoms with Crippen molar-refractivity contribution in [3.8, 4) is 5.75 Å². The van der Waals surface area contributed by atoms with Gasteiger partial charge in [0.15, 0.2) is 0 Å². The maximum Gasteiger partial charge on any atom is 0.492 e. The number of hydrogen-bond donors (Lipinski definition) is 2. The van der Waals surface area contributed by atoms with Crippen molar-refractivity contribution in [2.75, 3.05) is 6.54 Å². The lowest BCUT2D eigenvalue weighted by atomic mass is 9.77. The van der Waals surface area contributed by atoms with Crippen LogP contribution in [0, 0.1) is 6.92 Å². The van der Waals surface area contributed by atoms with Crippen LogP contribution in [-0.2, 0) is 14.0 Å². The maximum atomic E-state index is 12.1. The highest BCUT2D eigenvalue weighted by Crippen LogP contribution is 2.38. The summed E-state index contributed by atoms with van der Waals surface area (Å²) in [5.74, 6) is 0.210. The fourth-order valence-corrected chi connectivity index (χ4v) is 2.62. The minimum Gasteiger partial charge on any atom is -0.508 e. The van der Waals surface area contributed by atoms with E-state index < -0.39 is 30.0 Å². The van der Waals surface area contributed by atoms with Crippen LogP contribution in [0.2, 0.25) is 0 Å². The van der Waals surface area contributed by atoms with E-state index in [0.29, 0.717) is 0 Å². The molecule has 1 heterocycles. The van der Waals surface area contributed by atoms with E-state index in [1.54, 1.807) is 6.07 Å². The summed E-state index contributed by atoms with van der Waals surface area (Å²) in [6.07, 6.45) is 1.35. The van der Waals surface area contributed by atoms with Crippen LogP contribution in [0.15, 0.2) is 23.7 Å². The Morgan fingerprint density at radius 2 is 1.79 bits per heavy atom. The number of alkyl carbamates (subject to hydrolysis) is 1. The van der Waals surface area contributed by atoms with Gasteiger partial charge in [0, 0.05) is 6.54 Å². The van der Waals surface area contributed by atoms with Gasteiger partial charge in [-0.2, -0.15) is 0 Å². The maximum absolute atomic E-state index is 12.1. The normalized spacial score (nSPS) is 18.9. The fraction of sp³-hybridized carbons (Fsp3) is 0.571. The van der Waals surface area contributed by atoms with Crippen LogP contribution in [0.4, 0.5) is 4.79 Å². The van der Waals surface area contributed by atoms with Gasteiger partial charge >= 0.3 is 13.2 Å². The number of phenols is 1. The molecule has 1 saturated heterocycles. The number of nitrogens with one attached hydrogen (secondary N) is 1. The lowest BCUT2D eigenvalue weighted by Gasteiger charge is -2.32. The molecule has 1 amide bonds. The van der Waals surface area contributed by atoms with Crippen LogP contribution >= 0.6 is 0 Å². The van der Waals surface area contributed by atoms with Gasteiger partial charge in [-0.05, 0) is 78.1 Å². The van der Waals surface area contributed by atoms with Crippen molar-refractivity contribution in [2.24, 2.45) is 0 Å². The Morgan fingerprint density at radius 3 is 2.29 bits per heavy atom. The Balaban J connectivity index is 2.27. The van der Waals surface area contributed by atoms with Crippen molar-refractivity contribution in [1.29, 1.82) is 0 Å². The van der Waals surface area contributed by atoms with Crippen molar-refractivity contribution >= 4 is 19.3 Å². The summed E-state index contributed by atoms with van der Waals surface area (Å²) in [5.41, 5.74) is 0.727. The highest BCUT2D eigenvalue weighted by Gasteiger charge is 2.52. The molecule has 0 bridgehead atoms. The highest BCUT2D eigenvalue weighted by molar-refractivity contribution is 6.56. The number of ether oxygens (including phenoxy) is 1. The zero-order valence-corrected chi connectivity index (χ0v) is 18.2. The van der Waals surface area contributed by atoms with Gasteiger partial charge in [0.25, 0.3) is 0 Å². The first-order chi connectivity index (χ1) is 12.7. The second-order valence-corrected chi connectivity index (χ2v) is 9.21. The van der Waals surface area contributed by atoms with Gasteiger partial charge in [0.1, 0.15) is 11.4 Å². The van der Waals surface area contributed by atoms with Crippen LogP contribution in [0.3, 0.4) is 0 Å². The molecular formula is C21H32BNO5. The first-order valence-electron chi connectivity index (χ1n) is 9.53. The third kappa shape index (κ3) is 5.52. The minimum absolute atomic E-state index is 0.195. The molecule has 0 atom stereocenters. The number of aryl methyl sites for hydroxylation is 1. The average Bonchev–Trinajstić information content (AvgIpc) is 2.73. The Hall–Kier alpha value is -1.99. The number of phenolic OH excluding ortho intramolecular Hbond substituents is 1. The lowest BCUT2D eigenvalue weighted by Crippen LogP contribution is -2.41. The number of aromatic hydroxyl groups is 1. The number of carbonyl (C=O) groups excluding carboxylic acids is 1. The van der Waals surface area contributed by atoms with Crippen molar-refractivity contribution in [1.82, 2.24) is 5.32 Å². The first kappa shape index (κ1) is 22.3. The van der Waals surface area contributed by atoms with Gasteiger partial charge in [-0.25, -0.2) is 4.79 Å². The van der Waals surface area contributed by atoms with Crippen LogP contribution in [0.1, 0.15) is 59.6 Å². The first-order valence-corrected chi connectivity index (χ1v) is 9.53. The molecule has 0 aliphatic carbocycles. The number of amides is 1. The van der Waals surface area contributed by atoms with E-state index in [9.17, 15) is 9.90 Å². The molecule has 1 aromatic rings. The summed E-state index contributed by atoms with van der Waals surface area (Å²) < 4.78 is 17.6. The Kier molecular flexibility index (Phi) is 6.21. The number of hydrogen-bond acceptors (Lipinski definition) is 5. The van der Waals surface area contributed by atoms with Gasteiger partial charge in [-0.1, -0.05) is 18.2 Å². The summed E-state index contributed by atoms with van der Waals surface area (Å²) in [6.45, 7) is 15.4. The smallest absolute Gasteiger partial charge is 0.492 e.